The van der Waals surface area contributed by atoms with Crippen LogP contribution in [0.25, 0.3) is 0 Å². The highest BCUT2D eigenvalue weighted by Gasteiger charge is 2.70. The number of nitrogens with one attached hydrogen (secondary N) is 1. The van der Waals surface area contributed by atoms with Gasteiger partial charge in [-0.05, 0) is 35.0 Å². The molecule has 1 aromatic rings. The number of alkyl halides is 9. The van der Waals surface area contributed by atoms with Crippen molar-refractivity contribution in [2.45, 2.75) is 82.4 Å². The Balaban J connectivity index is 0.000000749. The van der Waals surface area contributed by atoms with Gasteiger partial charge < -0.3 is 21.3 Å². The van der Waals surface area contributed by atoms with E-state index >= 15 is 0 Å². The van der Waals surface area contributed by atoms with Crippen molar-refractivity contribution in [3.8, 4) is 0 Å². The van der Waals surface area contributed by atoms with Crippen molar-refractivity contribution in [1.29, 1.82) is 0 Å². The number of nitrogens with zero attached hydrogens (tertiary/aromatic N) is 1. The minimum Gasteiger partial charge on any atom is -0.476 e. The maximum absolute atomic E-state index is 12.4. The molecule has 1 aromatic heterocycles. The second-order valence-corrected chi connectivity index (χ2v) is 8.83. The number of unbranched alkanes of at least 4 members (excludes halogenated alkanes) is 7. The Bertz CT molecular complexity index is 834. The quantitative estimate of drug-likeness (QED) is 0.117. The number of nitrogens with two attached hydrogens (primary N) is 1. The summed E-state index contributed by atoms with van der Waals surface area (Å²) in [7, 11) is 0. The Hall–Kier alpha value is -1.81. The van der Waals surface area contributed by atoms with Crippen molar-refractivity contribution < 1.29 is 54.5 Å². The monoisotopic (exact) mass is 621 g/mol. The molecular formula is C21H29BrF9N3O3. The molecule has 5 N–H and O–H groups in total. The van der Waals surface area contributed by atoms with Crippen LogP contribution in [0, 0.1) is 0 Å². The van der Waals surface area contributed by atoms with E-state index in [0.29, 0.717) is 12.5 Å². The molecule has 1 heterocycles. The van der Waals surface area contributed by atoms with Crippen molar-refractivity contribution >= 4 is 27.6 Å². The minimum atomic E-state index is -5.75. The maximum Gasteiger partial charge on any atom is 0.427 e. The smallest absolute Gasteiger partial charge is 0.427 e. The maximum atomic E-state index is 12.4. The Morgan fingerprint density at radius 2 is 1.41 bits per heavy atom. The van der Waals surface area contributed by atoms with Crippen LogP contribution in [0.2, 0.25) is 0 Å². The molecule has 0 saturated heterocycles. The molecule has 1 rings (SSSR count). The molecule has 0 amide bonds. The highest BCUT2D eigenvalue weighted by molar-refractivity contribution is 9.10. The van der Waals surface area contributed by atoms with E-state index in [9.17, 15) is 44.3 Å². The third-order valence-electron chi connectivity index (χ3n) is 5.04. The molecule has 0 radical (unpaired) electrons. The Morgan fingerprint density at radius 3 is 1.81 bits per heavy atom. The van der Waals surface area contributed by atoms with Crippen molar-refractivity contribution in [3.05, 3.63) is 21.9 Å². The molecule has 0 aromatic carbocycles. The Labute approximate surface area is 215 Å². The number of aromatic nitrogens is 1. The topological polar surface area (TPSA) is 108 Å². The zero-order valence-electron chi connectivity index (χ0n) is 19.8. The lowest BCUT2D eigenvalue weighted by Crippen LogP contribution is -2.62. The molecule has 37 heavy (non-hydrogen) atoms. The summed E-state index contributed by atoms with van der Waals surface area (Å²) in [6, 6.07) is 0.528. The van der Waals surface area contributed by atoms with Gasteiger partial charge in [0.1, 0.15) is 4.60 Å². The van der Waals surface area contributed by atoms with Crippen molar-refractivity contribution in [2.24, 2.45) is 0 Å². The summed E-state index contributed by atoms with van der Waals surface area (Å²) in [5, 5.41) is 19.5. The second kappa shape index (κ2) is 15.0. The first-order valence-corrected chi connectivity index (χ1v) is 11.9. The summed E-state index contributed by atoms with van der Waals surface area (Å²) < 4.78 is 110. The van der Waals surface area contributed by atoms with E-state index in [0.717, 1.165) is 38.5 Å². The van der Waals surface area contributed by atoms with Crippen molar-refractivity contribution in [2.75, 3.05) is 18.8 Å². The van der Waals surface area contributed by atoms with Crippen LogP contribution in [0.5, 0.6) is 0 Å². The third-order valence-corrected chi connectivity index (χ3v) is 5.64. The fraction of sp³-hybridized carbons (Fsp3) is 0.714. The Kier molecular flexibility index (Phi) is 14.2. The predicted molar refractivity (Wildman–Crippen MR) is 121 cm³/mol. The van der Waals surface area contributed by atoms with Gasteiger partial charge in [-0.15, -0.1) is 0 Å². The molecule has 0 atom stereocenters. The number of hydrogen-bond acceptors (Lipinski definition) is 5. The van der Waals surface area contributed by atoms with Gasteiger partial charge in [0.15, 0.2) is 5.69 Å². The number of aliphatic hydroxyl groups is 1. The minimum absolute atomic E-state index is 0.0173. The van der Waals surface area contributed by atoms with Gasteiger partial charge in [0.05, 0.1) is 11.3 Å². The summed E-state index contributed by atoms with van der Waals surface area (Å²) in [6.45, 7) is 0.550. The number of pyridine rings is 1. The normalized spacial score (nSPS) is 12.8. The molecule has 216 valence electrons. The van der Waals surface area contributed by atoms with Gasteiger partial charge in [-0.1, -0.05) is 51.9 Å². The first-order chi connectivity index (χ1) is 16.8. The number of carbonyl (C=O) groups is 1. The van der Waals surface area contributed by atoms with E-state index in [1.807, 2.05) is 0 Å². The van der Waals surface area contributed by atoms with Gasteiger partial charge in [0, 0.05) is 6.54 Å². The zero-order valence-corrected chi connectivity index (χ0v) is 21.3. The standard InChI is InChI=1S/C14H25F6NO.C7H4BrF3N2O2/c1-2-3-4-5-6-7-8-9-10-21-11-12(22,13(15,16)17)14(18,19)20;8-5-2(7(9,10)11)1-3(12)4(13-5)6(14)15/h21-22H,2-11H2,1H3;1H,12H2,(H,14,15). The molecule has 0 fully saturated rings. The third kappa shape index (κ3) is 11.6. The largest absolute Gasteiger partial charge is 0.476 e. The van der Waals surface area contributed by atoms with Crippen LogP contribution in [-0.4, -0.2) is 52.2 Å². The summed E-state index contributed by atoms with van der Waals surface area (Å²) in [6.07, 6.45) is -8.40. The summed E-state index contributed by atoms with van der Waals surface area (Å²) in [4.78, 5) is 13.7. The number of aromatic carboxylic acids is 1. The zero-order chi connectivity index (χ0) is 29.1. The van der Waals surface area contributed by atoms with E-state index in [4.69, 9.17) is 15.9 Å². The van der Waals surface area contributed by atoms with Crippen LogP contribution in [0.1, 0.15) is 74.3 Å². The number of hydrogen-bond donors (Lipinski definition) is 4. The molecule has 6 nitrogen and oxygen atoms in total. The molecule has 16 heteroatoms. The van der Waals surface area contributed by atoms with Gasteiger partial charge in [0.2, 0.25) is 0 Å². The van der Waals surface area contributed by atoms with Crippen LogP contribution in [0.4, 0.5) is 45.2 Å². The fourth-order valence-corrected chi connectivity index (χ4v) is 3.41. The van der Waals surface area contributed by atoms with E-state index in [-0.39, 0.29) is 6.54 Å². The van der Waals surface area contributed by atoms with Crippen LogP contribution >= 0.6 is 15.9 Å². The molecular weight excluding hydrogens is 593 g/mol. The van der Waals surface area contributed by atoms with Gasteiger partial charge in [0.25, 0.3) is 5.60 Å². The highest BCUT2D eigenvalue weighted by Crippen LogP contribution is 2.42. The number of anilines is 1. The molecule has 0 aliphatic heterocycles. The van der Waals surface area contributed by atoms with Gasteiger partial charge in [-0.2, -0.15) is 39.5 Å². The van der Waals surface area contributed by atoms with Crippen molar-refractivity contribution in [1.82, 2.24) is 10.3 Å². The SMILES string of the molecule is CCCCCCCCCCNCC(O)(C(F)(F)F)C(F)(F)F.Nc1cc(C(F)(F)F)c(Br)nc1C(=O)O. The first-order valence-electron chi connectivity index (χ1n) is 11.1. The lowest BCUT2D eigenvalue weighted by Gasteiger charge is -2.32. The number of rotatable bonds is 12. The van der Waals surface area contributed by atoms with E-state index < -0.39 is 58.2 Å². The Morgan fingerprint density at radius 1 is 0.946 bits per heavy atom. The average Bonchev–Trinajstić information content (AvgIpc) is 2.74. The van der Waals surface area contributed by atoms with E-state index in [1.165, 1.54) is 6.42 Å². The number of carboxylic acid groups (broad SMARTS) is 1. The molecule has 0 unspecified atom stereocenters. The number of carboxylic acids is 1. The molecule has 0 spiro atoms. The molecule has 0 bridgehead atoms. The van der Waals surface area contributed by atoms with E-state index in [1.54, 1.807) is 0 Å². The fourth-order valence-electron chi connectivity index (χ4n) is 2.89. The van der Waals surface area contributed by atoms with Crippen LogP contribution < -0.4 is 11.1 Å². The molecule has 0 aliphatic rings. The summed E-state index contributed by atoms with van der Waals surface area (Å²) in [5.74, 6) is -1.48. The molecule has 0 saturated carbocycles. The predicted octanol–water partition coefficient (Wildman–Crippen LogP) is 6.72. The average molecular weight is 622 g/mol. The molecule has 0 aliphatic carbocycles. The summed E-state index contributed by atoms with van der Waals surface area (Å²) in [5.41, 5.74) is -1.82. The van der Waals surface area contributed by atoms with Crippen LogP contribution in [0.15, 0.2) is 10.7 Å². The van der Waals surface area contributed by atoms with Gasteiger partial charge in [-0.3, -0.25) is 0 Å². The van der Waals surface area contributed by atoms with Crippen LogP contribution in [0.3, 0.4) is 0 Å². The second-order valence-electron chi connectivity index (χ2n) is 8.07. The van der Waals surface area contributed by atoms with Gasteiger partial charge >= 0.3 is 24.5 Å². The number of halogens is 10. The first kappa shape index (κ1) is 35.2. The lowest BCUT2D eigenvalue weighted by atomic mass is 10.0. The number of nitrogen functional groups attached to an aromatic ring is 1. The van der Waals surface area contributed by atoms with Crippen LogP contribution in [-0.2, 0) is 6.18 Å². The highest BCUT2D eigenvalue weighted by atomic mass is 79.9. The van der Waals surface area contributed by atoms with Crippen molar-refractivity contribution in [3.63, 3.8) is 0 Å². The van der Waals surface area contributed by atoms with Gasteiger partial charge in [-0.25, -0.2) is 9.78 Å². The lowest BCUT2D eigenvalue weighted by molar-refractivity contribution is -0.365. The van der Waals surface area contributed by atoms with E-state index in [2.05, 4.69) is 33.2 Å². The summed E-state index contributed by atoms with van der Waals surface area (Å²) >= 11 is 2.54.